The Labute approximate surface area is 103 Å². The Hall–Kier alpha value is -1.45. The van der Waals surface area contributed by atoms with Crippen LogP contribution >= 0.6 is 0 Å². The van der Waals surface area contributed by atoms with Crippen LogP contribution in [0.3, 0.4) is 0 Å². The van der Waals surface area contributed by atoms with Gasteiger partial charge in [0.25, 0.3) is 0 Å². The van der Waals surface area contributed by atoms with Gasteiger partial charge in [-0.05, 0) is 38.3 Å². The van der Waals surface area contributed by atoms with Gasteiger partial charge in [-0.3, -0.25) is 0 Å². The summed E-state index contributed by atoms with van der Waals surface area (Å²) in [6.07, 6.45) is 4.09. The van der Waals surface area contributed by atoms with Crippen LogP contribution in [-0.4, -0.2) is 17.6 Å². The van der Waals surface area contributed by atoms with Gasteiger partial charge in [0.2, 0.25) is 5.88 Å². The van der Waals surface area contributed by atoms with Crippen molar-refractivity contribution in [3.8, 4) is 5.88 Å². The molecule has 0 bridgehead atoms. The van der Waals surface area contributed by atoms with Crippen molar-refractivity contribution in [1.82, 2.24) is 4.98 Å². The lowest BCUT2D eigenvalue weighted by molar-refractivity contribution is 0.234. The van der Waals surface area contributed by atoms with Gasteiger partial charge in [0.05, 0.1) is 11.8 Å². The first kappa shape index (κ1) is 12.0. The molecule has 1 fully saturated rings. The number of nitrogens with two attached hydrogens (primary N) is 1. The summed E-state index contributed by atoms with van der Waals surface area (Å²) in [4.78, 5) is 4.37. The highest BCUT2D eigenvalue weighted by Gasteiger charge is 2.20. The predicted molar refractivity (Wildman–Crippen MR) is 70.2 cm³/mol. The van der Waals surface area contributed by atoms with Crippen LogP contribution in [0.15, 0.2) is 12.1 Å². The molecule has 0 aromatic carbocycles. The maximum Gasteiger partial charge on any atom is 0.239 e. The Kier molecular flexibility index (Phi) is 3.71. The van der Waals surface area contributed by atoms with Gasteiger partial charge in [-0.1, -0.05) is 12.8 Å². The first-order chi connectivity index (χ1) is 8.15. The van der Waals surface area contributed by atoms with E-state index >= 15 is 0 Å². The van der Waals surface area contributed by atoms with Crippen LogP contribution in [-0.2, 0) is 0 Å². The molecule has 0 radical (unpaired) electrons. The van der Waals surface area contributed by atoms with Gasteiger partial charge in [-0.2, -0.15) is 4.98 Å². The molecular weight excluding hydrogens is 214 g/mol. The minimum absolute atomic E-state index is 0.0894. The van der Waals surface area contributed by atoms with Crippen LogP contribution in [0.25, 0.3) is 0 Å². The molecule has 0 spiro atoms. The summed E-state index contributed by atoms with van der Waals surface area (Å²) in [5, 5.41) is 3.31. The maximum atomic E-state index is 5.81. The van der Waals surface area contributed by atoms with Gasteiger partial charge in [0.15, 0.2) is 0 Å². The molecule has 2 rings (SSSR count). The lowest BCUT2D eigenvalue weighted by atomic mass is 10.3. The maximum absolute atomic E-state index is 5.81. The third-order valence-electron chi connectivity index (χ3n) is 2.79. The molecular formula is C13H21N3O. The zero-order valence-corrected chi connectivity index (χ0v) is 10.6. The van der Waals surface area contributed by atoms with E-state index < -0.39 is 0 Å². The highest BCUT2D eigenvalue weighted by Crippen LogP contribution is 2.32. The van der Waals surface area contributed by atoms with E-state index in [4.69, 9.17) is 10.5 Å². The van der Waals surface area contributed by atoms with Gasteiger partial charge in [-0.25, -0.2) is 0 Å². The first-order valence-electron chi connectivity index (χ1n) is 6.32. The quantitative estimate of drug-likeness (QED) is 0.795. The van der Waals surface area contributed by atoms with E-state index in [-0.39, 0.29) is 6.10 Å². The fourth-order valence-electron chi connectivity index (χ4n) is 1.68. The summed E-state index contributed by atoms with van der Waals surface area (Å²) < 4.78 is 5.55. The highest BCUT2D eigenvalue weighted by molar-refractivity contribution is 5.53. The second-order valence-corrected chi connectivity index (χ2v) is 4.92. The van der Waals surface area contributed by atoms with Gasteiger partial charge in [0.1, 0.15) is 5.82 Å². The van der Waals surface area contributed by atoms with Crippen LogP contribution in [0.2, 0.25) is 0 Å². The van der Waals surface area contributed by atoms with Crippen molar-refractivity contribution in [3.05, 3.63) is 12.1 Å². The summed E-state index contributed by atoms with van der Waals surface area (Å²) >= 11 is 0. The third kappa shape index (κ3) is 3.80. The Balaban J connectivity index is 1.91. The van der Waals surface area contributed by atoms with E-state index in [2.05, 4.69) is 10.3 Å². The molecule has 1 heterocycles. The van der Waals surface area contributed by atoms with Crippen molar-refractivity contribution in [3.63, 3.8) is 0 Å². The van der Waals surface area contributed by atoms with Crippen LogP contribution < -0.4 is 15.8 Å². The Morgan fingerprint density at radius 1 is 1.47 bits per heavy atom. The number of rotatable bonds is 6. The predicted octanol–water partition coefficient (Wildman–Crippen LogP) is 2.66. The zero-order chi connectivity index (χ0) is 12.3. The Morgan fingerprint density at radius 2 is 2.24 bits per heavy atom. The molecule has 1 aromatic rings. The standard InChI is InChI=1S/C13H21N3O/c1-9(2)17-13-11(14)5-6-12(16-13)15-8-7-10-3-4-10/h5-6,9-10H,3-4,7-8,14H2,1-2H3,(H,15,16). The number of aromatic nitrogens is 1. The SMILES string of the molecule is CC(C)Oc1nc(NCCC2CC2)ccc1N. The minimum atomic E-state index is 0.0894. The molecule has 17 heavy (non-hydrogen) atoms. The van der Waals surface area contributed by atoms with E-state index in [1.165, 1.54) is 19.3 Å². The Morgan fingerprint density at radius 3 is 2.88 bits per heavy atom. The van der Waals surface area contributed by atoms with Crippen molar-refractivity contribution in [2.45, 2.75) is 39.2 Å². The molecule has 94 valence electrons. The number of nitrogens with zero attached hydrogens (tertiary/aromatic N) is 1. The van der Waals surface area contributed by atoms with Crippen LogP contribution in [0.1, 0.15) is 33.1 Å². The van der Waals surface area contributed by atoms with Crippen LogP contribution in [0.4, 0.5) is 11.5 Å². The molecule has 0 atom stereocenters. The molecule has 0 amide bonds. The fraction of sp³-hybridized carbons (Fsp3) is 0.615. The normalized spacial score (nSPS) is 15.0. The molecule has 1 aliphatic carbocycles. The van der Waals surface area contributed by atoms with Crippen LogP contribution in [0, 0.1) is 5.92 Å². The zero-order valence-electron chi connectivity index (χ0n) is 10.6. The number of nitrogens with one attached hydrogen (secondary N) is 1. The fourth-order valence-corrected chi connectivity index (χ4v) is 1.68. The molecule has 0 saturated heterocycles. The molecule has 1 aromatic heterocycles. The molecule has 4 heteroatoms. The van der Waals surface area contributed by atoms with Gasteiger partial charge < -0.3 is 15.8 Å². The number of hydrogen-bond donors (Lipinski definition) is 2. The van der Waals surface area contributed by atoms with E-state index in [1.54, 1.807) is 0 Å². The third-order valence-corrected chi connectivity index (χ3v) is 2.79. The highest BCUT2D eigenvalue weighted by atomic mass is 16.5. The van der Waals surface area contributed by atoms with Gasteiger partial charge in [0, 0.05) is 6.54 Å². The summed E-state index contributed by atoms with van der Waals surface area (Å²) in [5.74, 6) is 2.30. The monoisotopic (exact) mass is 235 g/mol. The molecule has 4 nitrogen and oxygen atoms in total. The van der Waals surface area contributed by atoms with Crippen molar-refractivity contribution in [1.29, 1.82) is 0 Å². The van der Waals surface area contributed by atoms with Crippen LogP contribution in [0.5, 0.6) is 5.88 Å². The summed E-state index contributed by atoms with van der Waals surface area (Å²) in [6.45, 7) is 4.91. The molecule has 0 aliphatic heterocycles. The first-order valence-corrected chi connectivity index (χ1v) is 6.32. The number of anilines is 2. The molecule has 1 saturated carbocycles. The van der Waals surface area contributed by atoms with Gasteiger partial charge in [-0.15, -0.1) is 0 Å². The smallest absolute Gasteiger partial charge is 0.239 e. The van der Waals surface area contributed by atoms with Crippen molar-refractivity contribution in [2.24, 2.45) is 5.92 Å². The van der Waals surface area contributed by atoms with Crippen molar-refractivity contribution >= 4 is 11.5 Å². The van der Waals surface area contributed by atoms with E-state index in [9.17, 15) is 0 Å². The van der Waals surface area contributed by atoms with E-state index in [0.717, 1.165) is 18.3 Å². The lowest BCUT2D eigenvalue weighted by Gasteiger charge is -2.12. The topological polar surface area (TPSA) is 60.2 Å². The molecule has 3 N–H and O–H groups in total. The summed E-state index contributed by atoms with van der Waals surface area (Å²) in [7, 11) is 0. The molecule has 0 unspecified atom stereocenters. The van der Waals surface area contributed by atoms with E-state index in [1.807, 2.05) is 26.0 Å². The minimum Gasteiger partial charge on any atom is -0.473 e. The van der Waals surface area contributed by atoms with Crippen molar-refractivity contribution in [2.75, 3.05) is 17.6 Å². The lowest BCUT2D eigenvalue weighted by Crippen LogP contribution is -2.11. The summed E-state index contributed by atoms with van der Waals surface area (Å²) in [5.41, 5.74) is 6.40. The second-order valence-electron chi connectivity index (χ2n) is 4.92. The largest absolute Gasteiger partial charge is 0.473 e. The average Bonchev–Trinajstić information content (AvgIpc) is 3.06. The van der Waals surface area contributed by atoms with E-state index in [0.29, 0.717) is 11.6 Å². The number of hydrogen-bond acceptors (Lipinski definition) is 4. The van der Waals surface area contributed by atoms with Gasteiger partial charge >= 0.3 is 0 Å². The number of ether oxygens (including phenoxy) is 1. The molecule has 1 aliphatic rings. The number of nitrogen functional groups attached to an aromatic ring is 1. The average molecular weight is 235 g/mol. The van der Waals surface area contributed by atoms with Crippen molar-refractivity contribution < 1.29 is 4.74 Å². The Bertz CT molecular complexity index is 375. The number of pyridine rings is 1. The summed E-state index contributed by atoms with van der Waals surface area (Å²) in [6, 6.07) is 3.74. The second kappa shape index (κ2) is 5.25.